The van der Waals surface area contributed by atoms with E-state index in [1.165, 1.54) is 0 Å². The molecule has 1 aromatic rings. The zero-order chi connectivity index (χ0) is 7.40. The predicted octanol–water partition coefficient (Wildman–Crippen LogP) is 1.74. The summed E-state index contributed by atoms with van der Waals surface area (Å²) in [5, 5.41) is 0.782. The number of benzene rings is 1. The Kier molecular flexibility index (Phi) is 2.79. The van der Waals surface area contributed by atoms with E-state index < -0.39 is 0 Å². The zero-order valence-electron chi connectivity index (χ0n) is 5.78. The van der Waals surface area contributed by atoms with Crippen LogP contribution in [0.15, 0.2) is 24.3 Å². The third-order valence-corrected chi connectivity index (χ3v) is 1.75. The Labute approximate surface area is 69.2 Å². The molecule has 10 heavy (non-hydrogen) atoms. The van der Waals surface area contributed by atoms with Crippen molar-refractivity contribution < 1.29 is 20.7 Å². The summed E-state index contributed by atoms with van der Waals surface area (Å²) in [6.07, 6.45) is 0. The minimum atomic E-state index is 0.782. The van der Waals surface area contributed by atoms with Crippen LogP contribution in [0.3, 0.4) is 0 Å². The van der Waals surface area contributed by atoms with E-state index in [1.54, 1.807) is 7.11 Å². The van der Waals surface area contributed by atoms with E-state index in [2.05, 4.69) is 16.0 Å². The quantitative estimate of drug-likeness (QED) is 0.625. The molecule has 0 bridgehead atoms. The summed E-state index contributed by atoms with van der Waals surface area (Å²) in [7, 11) is 1.68. The van der Waals surface area contributed by atoms with Crippen LogP contribution in [0.1, 0.15) is 5.56 Å². The Morgan fingerprint density at radius 2 is 2.10 bits per heavy atom. The fraction of sp³-hybridized carbons (Fsp3) is 0.250. The molecule has 0 unspecified atom stereocenters. The fourth-order valence-electron chi connectivity index (χ4n) is 0.806. The normalized spacial score (nSPS) is 9.40. The van der Waals surface area contributed by atoms with Crippen molar-refractivity contribution in [3.63, 3.8) is 0 Å². The van der Waals surface area contributed by atoms with Gasteiger partial charge in [-0.3, -0.25) is 0 Å². The zero-order valence-corrected chi connectivity index (χ0v) is 6.88. The molecular weight excluding hydrogens is 168 g/mol. The van der Waals surface area contributed by atoms with Gasteiger partial charge in [0, 0.05) is 0 Å². The molecule has 1 rings (SSSR count). The number of hydrogen-bond donors (Lipinski definition) is 0. The van der Waals surface area contributed by atoms with Crippen LogP contribution >= 0.6 is 0 Å². The molecule has 1 aromatic carbocycles. The first-order chi connectivity index (χ1) is 4.88. The second-order valence-electron chi connectivity index (χ2n) is 1.94. The average molecular weight is 177 g/mol. The second-order valence-corrected chi connectivity index (χ2v) is 2.33. The summed E-state index contributed by atoms with van der Waals surface area (Å²) in [4.78, 5) is 0. The Balaban J connectivity index is 2.96. The molecule has 0 aliphatic rings. The van der Waals surface area contributed by atoms with Crippen LogP contribution in [0.2, 0.25) is 0 Å². The first kappa shape index (κ1) is 7.64. The average Bonchev–Trinajstić information content (AvgIpc) is 2.04. The van der Waals surface area contributed by atoms with Crippen molar-refractivity contribution in [2.45, 2.75) is 5.32 Å². The molecule has 0 spiro atoms. The van der Waals surface area contributed by atoms with Crippen molar-refractivity contribution in [1.29, 1.82) is 0 Å². The molecule has 2 heteroatoms. The van der Waals surface area contributed by atoms with Gasteiger partial charge in [-0.15, -0.1) is 0 Å². The van der Waals surface area contributed by atoms with Gasteiger partial charge in [-0.25, -0.2) is 0 Å². The van der Waals surface area contributed by atoms with Crippen LogP contribution in [0.25, 0.3) is 0 Å². The van der Waals surface area contributed by atoms with Crippen LogP contribution in [0.4, 0.5) is 0 Å². The Morgan fingerprint density at radius 3 is 2.60 bits per heavy atom. The van der Waals surface area contributed by atoms with E-state index in [0.29, 0.717) is 0 Å². The van der Waals surface area contributed by atoms with Crippen LogP contribution in [-0.2, 0) is 21.3 Å². The predicted molar refractivity (Wildman–Crippen MR) is 36.7 cm³/mol. The Morgan fingerprint density at radius 1 is 1.40 bits per heavy atom. The standard InChI is InChI=1S/C8H9O.Fe/c1-7-5-3-4-6-8(7)9-2;/h3-6H,1H2,2H3;. The Bertz CT molecular complexity index is 187. The van der Waals surface area contributed by atoms with Crippen LogP contribution in [0.5, 0.6) is 5.75 Å². The monoisotopic (exact) mass is 177 g/mol. The molecule has 0 radical (unpaired) electrons. The third-order valence-electron chi connectivity index (χ3n) is 1.33. The molecule has 0 saturated carbocycles. The first-order valence-electron chi connectivity index (χ1n) is 3.04. The van der Waals surface area contributed by atoms with Gasteiger partial charge in [0.25, 0.3) is 0 Å². The number of rotatable bonds is 2. The van der Waals surface area contributed by atoms with Gasteiger partial charge in [0.05, 0.1) is 0 Å². The molecule has 55 valence electrons. The van der Waals surface area contributed by atoms with Gasteiger partial charge in [0.15, 0.2) is 0 Å². The Hall–Kier alpha value is -0.461. The fourth-order valence-corrected chi connectivity index (χ4v) is 1.13. The second kappa shape index (κ2) is 3.65. The maximum atomic E-state index is 5.10. The van der Waals surface area contributed by atoms with Crippen molar-refractivity contribution in [3.8, 4) is 5.75 Å². The van der Waals surface area contributed by atoms with Gasteiger partial charge in [0.2, 0.25) is 0 Å². The summed E-state index contributed by atoms with van der Waals surface area (Å²) >= 11 is 3.78. The molecule has 1 nitrogen and oxygen atoms in total. The molecule has 0 saturated heterocycles. The molecule has 0 aliphatic heterocycles. The minimum absolute atomic E-state index is 0.782. The van der Waals surface area contributed by atoms with Crippen LogP contribution in [0, 0.1) is 0 Å². The molecule has 0 fully saturated rings. The van der Waals surface area contributed by atoms with Gasteiger partial charge in [-0.05, 0) is 0 Å². The van der Waals surface area contributed by atoms with E-state index in [9.17, 15) is 0 Å². The van der Waals surface area contributed by atoms with Gasteiger partial charge >= 0.3 is 68.8 Å². The van der Waals surface area contributed by atoms with Crippen molar-refractivity contribution in [3.05, 3.63) is 29.8 Å². The first-order valence-corrected chi connectivity index (χ1v) is 3.82. The summed E-state index contributed by atoms with van der Waals surface area (Å²) in [6.45, 7) is 0. The molecular formula is C8H9FeO. The van der Waals surface area contributed by atoms with Gasteiger partial charge in [-0.1, -0.05) is 0 Å². The molecule has 0 aromatic heterocycles. The molecule has 0 aliphatic carbocycles. The molecule has 0 heterocycles. The molecule has 0 N–H and O–H groups in total. The SMILES string of the molecule is COc1ccccc1[CH2][Fe]. The van der Waals surface area contributed by atoms with E-state index in [0.717, 1.165) is 16.6 Å². The topological polar surface area (TPSA) is 9.23 Å². The van der Waals surface area contributed by atoms with E-state index >= 15 is 0 Å². The van der Waals surface area contributed by atoms with Crippen molar-refractivity contribution in [1.82, 2.24) is 0 Å². The van der Waals surface area contributed by atoms with Gasteiger partial charge < -0.3 is 0 Å². The third kappa shape index (κ3) is 1.53. The maximum absolute atomic E-state index is 5.10. The summed E-state index contributed by atoms with van der Waals surface area (Å²) in [6, 6.07) is 7.91. The van der Waals surface area contributed by atoms with E-state index in [1.807, 2.05) is 24.3 Å². The van der Waals surface area contributed by atoms with Crippen LogP contribution in [-0.4, -0.2) is 7.11 Å². The number of ether oxygens (including phenoxy) is 1. The van der Waals surface area contributed by atoms with Gasteiger partial charge in [0.1, 0.15) is 0 Å². The number of para-hydroxylation sites is 1. The molecule has 0 amide bonds. The van der Waals surface area contributed by atoms with E-state index in [4.69, 9.17) is 4.74 Å². The van der Waals surface area contributed by atoms with Gasteiger partial charge in [-0.2, -0.15) is 0 Å². The summed E-state index contributed by atoms with van der Waals surface area (Å²) < 4.78 is 5.10. The van der Waals surface area contributed by atoms with Crippen molar-refractivity contribution in [2.24, 2.45) is 0 Å². The number of methoxy groups -OCH3 is 1. The molecule has 0 atom stereocenters. The van der Waals surface area contributed by atoms with E-state index in [-0.39, 0.29) is 0 Å². The number of hydrogen-bond acceptors (Lipinski definition) is 1. The van der Waals surface area contributed by atoms with Crippen molar-refractivity contribution in [2.75, 3.05) is 7.11 Å². The van der Waals surface area contributed by atoms with Crippen LogP contribution < -0.4 is 4.74 Å². The summed E-state index contributed by atoms with van der Waals surface area (Å²) in [5.41, 5.74) is 1.16. The summed E-state index contributed by atoms with van der Waals surface area (Å²) in [5.74, 6) is 0.928. The van der Waals surface area contributed by atoms with Crippen molar-refractivity contribution >= 4 is 0 Å².